The summed E-state index contributed by atoms with van der Waals surface area (Å²) in [5.74, 6) is 0.790. The lowest BCUT2D eigenvalue weighted by Gasteiger charge is -2.09. The Morgan fingerprint density at radius 3 is 3.07 bits per heavy atom. The minimum atomic E-state index is 0.0701. The first-order valence-corrected chi connectivity index (χ1v) is 6.21. The number of hydrogen-bond donors (Lipinski definition) is 1. The van der Waals surface area contributed by atoms with Crippen molar-refractivity contribution in [1.29, 1.82) is 0 Å². The molecule has 1 aliphatic rings. The van der Waals surface area contributed by atoms with Crippen molar-refractivity contribution < 1.29 is 0 Å². The Morgan fingerprint density at radius 1 is 1.67 bits per heavy atom. The van der Waals surface area contributed by atoms with E-state index in [4.69, 9.17) is 0 Å². The van der Waals surface area contributed by atoms with Crippen molar-refractivity contribution in [3.8, 4) is 0 Å². The van der Waals surface area contributed by atoms with Gasteiger partial charge in [-0.15, -0.1) is 0 Å². The Kier molecular flexibility index (Phi) is 3.40. The SMILES string of the molecule is Cc1ncc(I)c(=O)n1CCNC1CC1. The third-order valence-electron chi connectivity index (χ3n) is 2.55. The molecule has 0 radical (unpaired) electrons. The topological polar surface area (TPSA) is 46.9 Å². The Bertz CT molecular complexity index is 412. The summed E-state index contributed by atoms with van der Waals surface area (Å²) < 4.78 is 2.42. The van der Waals surface area contributed by atoms with Crippen LogP contribution >= 0.6 is 22.6 Å². The van der Waals surface area contributed by atoms with Gasteiger partial charge < -0.3 is 5.32 Å². The van der Waals surface area contributed by atoms with Gasteiger partial charge in [-0.3, -0.25) is 9.36 Å². The Hall–Kier alpha value is -0.430. The fourth-order valence-corrected chi connectivity index (χ4v) is 1.91. The molecule has 0 unspecified atom stereocenters. The van der Waals surface area contributed by atoms with E-state index in [0.717, 1.165) is 12.4 Å². The minimum Gasteiger partial charge on any atom is -0.312 e. The molecule has 0 bridgehead atoms. The highest BCUT2D eigenvalue weighted by molar-refractivity contribution is 14.1. The summed E-state index contributed by atoms with van der Waals surface area (Å²) in [4.78, 5) is 15.9. The fourth-order valence-electron chi connectivity index (χ4n) is 1.48. The van der Waals surface area contributed by atoms with Crippen LogP contribution in [-0.2, 0) is 6.54 Å². The Labute approximate surface area is 102 Å². The van der Waals surface area contributed by atoms with E-state index in [0.29, 0.717) is 16.2 Å². The summed E-state index contributed by atoms with van der Waals surface area (Å²) in [6.45, 7) is 3.44. The molecule has 5 heteroatoms. The zero-order valence-corrected chi connectivity index (χ0v) is 10.8. The van der Waals surface area contributed by atoms with Crippen molar-refractivity contribution in [3.63, 3.8) is 0 Å². The van der Waals surface area contributed by atoms with E-state index in [1.165, 1.54) is 12.8 Å². The number of nitrogens with one attached hydrogen (secondary N) is 1. The number of hydrogen-bond acceptors (Lipinski definition) is 3. The Morgan fingerprint density at radius 2 is 2.40 bits per heavy atom. The third-order valence-corrected chi connectivity index (χ3v) is 3.29. The normalized spacial score (nSPS) is 15.6. The van der Waals surface area contributed by atoms with Gasteiger partial charge in [0.05, 0.1) is 3.57 Å². The van der Waals surface area contributed by atoms with Crippen molar-refractivity contribution in [3.05, 3.63) is 25.9 Å². The van der Waals surface area contributed by atoms with E-state index in [2.05, 4.69) is 10.3 Å². The molecule has 0 saturated heterocycles. The molecule has 1 saturated carbocycles. The molecule has 2 rings (SSSR count). The first-order chi connectivity index (χ1) is 7.18. The van der Waals surface area contributed by atoms with Crippen LogP contribution < -0.4 is 10.9 Å². The predicted octanol–water partition coefficient (Wildman–Crippen LogP) is 0.908. The first kappa shape index (κ1) is 11.1. The van der Waals surface area contributed by atoms with Crippen LogP contribution in [0.3, 0.4) is 0 Å². The monoisotopic (exact) mass is 319 g/mol. The predicted molar refractivity (Wildman–Crippen MR) is 67.0 cm³/mol. The smallest absolute Gasteiger partial charge is 0.266 e. The van der Waals surface area contributed by atoms with Crippen LogP contribution in [0, 0.1) is 10.5 Å². The highest BCUT2D eigenvalue weighted by Crippen LogP contribution is 2.18. The van der Waals surface area contributed by atoms with Crippen molar-refractivity contribution in [2.75, 3.05) is 6.54 Å². The van der Waals surface area contributed by atoms with E-state index >= 15 is 0 Å². The fraction of sp³-hybridized carbons (Fsp3) is 0.600. The van der Waals surface area contributed by atoms with Gasteiger partial charge in [0.2, 0.25) is 0 Å². The van der Waals surface area contributed by atoms with Crippen molar-refractivity contribution in [2.45, 2.75) is 32.4 Å². The van der Waals surface area contributed by atoms with E-state index in [-0.39, 0.29) is 5.56 Å². The molecule has 0 spiro atoms. The Balaban J connectivity index is 2.04. The number of nitrogens with zero attached hydrogens (tertiary/aromatic N) is 2. The molecule has 1 N–H and O–H groups in total. The molecule has 4 nitrogen and oxygen atoms in total. The van der Waals surface area contributed by atoms with Gasteiger partial charge in [0.25, 0.3) is 5.56 Å². The molecule has 0 aliphatic heterocycles. The zero-order chi connectivity index (χ0) is 10.8. The van der Waals surface area contributed by atoms with Gasteiger partial charge in [-0.05, 0) is 42.4 Å². The summed E-state index contributed by atoms with van der Waals surface area (Å²) in [5.41, 5.74) is 0.0701. The summed E-state index contributed by atoms with van der Waals surface area (Å²) in [5, 5.41) is 3.39. The van der Waals surface area contributed by atoms with E-state index in [1.54, 1.807) is 10.8 Å². The summed E-state index contributed by atoms with van der Waals surface area (Å²) in [6, 6.07) is 0.691. The molecular formula is C10H14IN3O. The molecule has 15 heavy (non-hydrogen) atoms. The summed E-state index contributed by atoms with van der Waals surface area (Å²) in [7, 11) is 0. The van der Waals surface area contributed by atoms with Crippen molar-refractivity contribution in [2.24, 2.45) is 0 Å². The molecule has 1 aromatic rings. The minimum absolute atomic E-state index is 0.0701. The van der Waals surface area contributed by atoms with Gasteiger partial charge in [0.15, 0.2) is 0 Å². The lowest BCUT2D eigenvalue weighted by Crippen LogP contribution is -2.31. The summed E-state index contributed by atoms with van der Waals surface area (Å²) in [6.07, 6.45) is 4.18. The number of rotatable bonds is 4. The second kappa shape index (κ2) is 4.61. The molecule has 82 valence electrons. The molecular weight excluding hydrogens is 305 g/mol. The lowest BCUT2D eigenvalue weighted by atomic mass is 10.5. The van der Waals surface area contributed by atoms with Crippen LogP contribution in [0.15, 0.2) is 11.0 Å². The van der Waals surface area contributed by atoms with E-state index in [9.17, 15) is 4.79 Å². The van der Waals surface area contributed by atoms with Gasteiger partial charge in [-0.1, -0.05) is 0 Å². The van der Waals surface area contributed by atoms with Crippen LogP contribution in [0.4, 0.5) is 0 Å². The van der Waals surface area contributed by atoms with Crippen LogP contribution in [0.2, 0.25) is 0 Å². The van der Waals surface area contributed by atoms with Gasteiger partial charge >= 0.3 is 0 Å². The highest BCUT2D eigenvalue weighted by Gasteiger charge is 2.19. The van der Waals surface area contributed by atoms with Crippen LogP contribution in [0.5, 0.6) is 0 Å². The standard InChI is InChI=1S/C10H14IN3O/c1-7-13-6-9(11)10(15)14(7)5-4-12-8-2-3-8/h6,8,12H,2-5H2,1H3. The lowest BCUT2D eigenvalue weighted by molar-refractivity contribution is 0.562. The maximum absolute atomic E-state index is 11.8. The van der Waals surface area contributed by atoms with Crippen LogP contribution in [-0.4, -0.2) is 22.1 Å². The van der Waals surface area contributed by atoms with Crippen LogP contribution in [0.1, 0.15) is 18.7 Å². The molecule has 1 aliphatic carbocycles. The molecule has 0 atom stereocenters. The second-order valence-corrected chi connectivity index (χ2v) is 5.00. The van der Waals surface area contributed by atoms with E-state index in [1.807, 2.05) is 29.5 Å². The number of aryl methyl sites for hydroxylation is 1. The van der Waals surface area contributed by atoms with Crippen molar-refractivity contribution in [1.82, 2.24) is 14.9 Å². The molecule has 1 heterocycles. The van der Waals surface area contributed by atoms with Gasteiger partial charge in [0.1, 0.15) is 5.82 Å². The second-order valence-electron chi connectivity index (χ2n) is 3.84. The van der Waals surface area contributed by atoms with Gasteiger partial charge in [-0.2, -0.15) is 0 Å². The largest absolute Gasteiger partial charge is 0.312 e. The third kappa shape index (κ3) is 2.78. The van der Waals surface area contributed by atoms with Crippen LogP contribution in [0.25, 0.3) is 0 Å². The average Bonchev–Trinajstić information content (AvgIpc) is 3.01. The summed E-state index contributed by atoms with van der Waals surface area (Å²) >= 11 is 2.03. The van der Waals surface area contributed by atoms with Gasteiger partial charge in [-0.25, -0.2) is 4.98 Å². The average molecular weight is 319 g/mol. The maximum atomic E-state index is 11.8. The molecule has 0 amide bonds. The first-order valence-electron chi connectivity index (χ1n) is 5.14. The maximum Gasteiger partial charge on any atom is 0.266 e. The number of halogens is 1. The molecule has 1 fully saturated rings. The molecule has 0 aromatic carbocycles. The zero-order valence-electron chi connectivity index (χ0n) is 8.66. The quantitative estimate of drug-likeness (QED) is 0.839. The molecule has 1 aromatic heterocycles. The highest BCUT2D eigenvalue weighted by atomic mass is 127. The number of aromatic nitrogens is 2. The van der Waals surface area contributed by atoms with Crippen molar-refractivity contribution >= 4 is 22.6 Å². The van der Waals surface area contributed by atoms with E-state index < -0.39 is 0 Å². The van der Waals surface area contributed by atoms with Gasteiger partial charge in [0, 0.05) is 25.3 Å².